The maximum absolute atomic E-state index is 10.5. The van der Waals surface area contributed by atoms with Crippen molar-refractivity contribution in [2.24, 2.45) is 0 Å². The van der Waals surface area contributed by atoms with Gasteiger partial charge in [0.1, 0.15) is 0 Å². The van der Waals surface area contributed by atoms with Gasteiger partial charge in [0.15, 0.2) is 0 Å². The number of β-amino-alcohol motifs (C(OH)–C–C–N with tert-alkyl or cyclic N) is 1. The lowest BCUT2D eigenvalue weighted by molar-refractivity contribution is 0.154. The van der Waals surface area contributed by atoms with Crippen molar-refractivity contribution in [3.63, 3.8) is 0 Å². The molecule has 1 rings (SSSR count). The minimum atomic E-state index is -0.144. The Morgan fingerprint density at radius 1 is 1.50 bits per heavy atom. The van der Waals surface area contributed by atoms with E-state index >= 15 is 0 Å². The summed E-state index contributed by atoms with van der Waals surface area (Å²) in [6, 6.07) is -0.144. The van der Waals surface area contributed by atoms with Crippen LogP contribution in [0.4, 0.5) is 4.79 Å². The van der Waals surface area contributed by atoms with Gasteiger partial charge in [-0.1, -0.05) is 0 Å². The first-order valence-corrected chi connectivity index (χ1v) is 3.18. The SMILES string of the molecule is O=C1NCN(CCO)CN1. The molecule has 58 valence electrons. The van der Waals surface area contributed by atoms with Crippen molar-refractivity contribution >= 4 is 6.03 Å². The van der Waals surface area contributed by atoms with E-state index < -0.39 is 0 Å². The number of amides is 2. The highest BCUT2D eigenvalue weighted by molar-refractivity contribution is 5.74. The lowest BCUT2D eigenvalue weighted by Gasteiger charge is -2.26. The quantitative estimate of drug-likeness (QED) is 0.443. The van der Waals surface area contributed by atoms with Crippen LogP contribution in [-0.2, 0) is 0 Å². The number of carbonyl (C=O) groups is 1. The number of urea groups is 1. The molecule has 0 atom stereocenters. The molecule has 0 bridgehead atoms. The zero-order valence-electron chi connectivity index (χ0n) is 5.63. The molecule has 1 fully saturated rings. The van der Waals surface area contributed by atoms with E-state index in [-0.39, 0.29) is 12.6 Å². The van der Waals surface area contributed by atoms with Gasteiger partial charge in [-0.3, -0.25) is 4.90 Å². The summed E-state index contributed by atoms with van der Waals surface area (Å²) in [4.78, 5) is 12.4. The number of rotatable bonds is 2. The highest BCUT2D eigenvalue weighted by Gasteiger charge is 2.11. The van der Waals surface area contributed by atoms with Gasteiger partial charge in [-0.15, -0.1) is 0 Å². The third-order valence-corrected chi connectivity index (χ3v) is 1.34. The predicted octanol–water partition coefficient (Wildman–Crippen LogP) is -1.49. The van der Waals surface area contributed by atoms with E-state index in [1.54, 1.807) is 0 Å². The van der Waals surface area contributed by atoms with Crippen LogP contribution >= 0.6 is 0 Å². The van der Waals surface area contributed by atoms with E-state index in [4.69, 9.17) is 5.11 Å². The van der Waals surface area contributed by atoms with Crippen molar-refractivity contribution < 1.29 is 9.90 Å². The molecule has 0 aromatic carbocycles. The Bertz CT molecular complexity index is 118. The summed E-state index contributed by atoms with van der Waals surface area (Å²) in [7, 11) is 0. The molecule has 1 heterocycles. The molecule has 0 unspecified atom stereocenters. The molecular weight excluding hydrogens is 134 g/mol. The number of carbonyl (C=O) groups excluding carboxylic acids is 1. The largest absolute Gasteiger partial charge is 0.395 e. The third-order valence-electron chi connectivity index (χ3n) is 1.34. The summed E-state index contributed by atoms with van der Waals surface area (Å²) in [5.41, 5.74) is 0. The topological polar surface area (TPSA) is 64.6 Å². The molecule has 1 aliphatic rings. The first-order chi connectivity index (χ1) is 4.83. The van der Waals surface area contributed by atoms with E-state index in [2.05, 4.69) is 10.6 Å². The number of aliphatic hydroxyl groups excluding tert-OH is 1. The summed E-state index contributed by atoms with van der Waals surface area (Å²) in [6.45, 7) is 1.75. The van der Waals surface area contributed by atoms with Crippen LogP contribution in [0.1, 0.15) is 0 Å². The van der Waals surface area contributed by atoms with Gasteiger partial charge >= 0.3 is 6.03 Å². The van der Waals surface area contributed by atoms with Crippen molar-refractivity contribution in [2.75, 3.05) is 26.5 Å². The van der Waals surface area contributed by atoms with Crippen molar-refractivity contribution in [1.29, 1.82) is 0 Å². The van der Waals surface area contributed by atoms with Crippen molar-refractivity contribution in [1.82, 2.24) is 15.5 Å². The first kappa shape index (κ1) is 7.30. The Hall–Kier alpha value is -0.810. The van der Waals surface area contributed by atoms with E-state index in [1.807, 2.05) is 4.90 Å². The van der Waals surface area contributed by atoms with Gasteiger partial charge in [-0.25, -0.2) is 4.79 Å². The minimum Gasteiger partial charge on any atom is -0.395 e. The van der Waals surface area contributed by atoms with Crippen LogP contribution < -0.4 is 10.6 Å². The van der Waals surface area contributed by atoms with Crippen molar-refractivity contribution in [3.05, 3.63) is 0 Å². The maximum atomic E-state index is 10.5. The fourth-order valence-corrected chi connectivity index (χ4v) is 0.785. The molecule has 5 nitrogen and oxygen atoms in total. The van der Waals surface area contributed by atoms with E-state index in [9.17, 15) is 4.79 Å². The summed E-state index contributed by atoms with van der Waals surface area (Å²) in [5.74, 6) is 0. The normalized spacial score (nSPS) is 19.9. The van der Waals surface area contributed by atoms with Crippen LogP contribution in [0.3, 0.4) is 0 Å². The summed E-state index contributed by atoms with van der Waals surface area (Å²) in [6.07, 6.45) is 0. The van der Waals surface area contributed by atoms with Crippen molar-refractivity contribution in [2.45, 2.75) is 0 Å². The van der Waals surface area contributed by atoms with Gasteiger partial charge in [0.05, 0.1) is 19.9 Å². The van der Waals surface area contributed by atoms with Gasteiger partial charge in [0, 0.05) is 6.54 Å². The fraction of sp³-hybridized carbons (Fsp3) is 0.800. The van der Waals surface area contributed by atoms with Crippen LogP contribution in [0.25, 0.3) is 0 Å². The second-order valence-corrected chi connectivity index (χ2v) is 2.12. The van der Waals surface area contributed by atoms with Gasteiger partial charge in [0.2, 0.25) is 0 Å². The second-order valence-electron chi connectivity index (χ2n) is 2.12. The van der Waals surface area contributed by atoms with E-state index in [0.29, 0.717) is 19.9 Å². The van der Waals surface area contributed by atoms with Gasteiger partial charge < -0.3 is 15.7 Å². The smallest absolute Gasteiger partial charge is 0.316 e. The lowest BCUT2D eigenvalue weighted by atomic mass is 10.5. The molecule has 0 aromatic rings. The molecule has 5 heteroatoms. The molecule has 0 aliphatic carbocycles. The number of nitrogens with zero attached hydrogens (tertiary/aromatic N) is 1. The third kappa shape index (κ3) is 1.85. The Balaban J connectivity index is 2.19. The molecule has 3 N–H and O–H groups in total. The lowest BCUT2D eigenvalue weighted by Crippen LogP contribution is -2.54. The zero-order chi connectivity index (χ0) is 7.40. The fourth-order valence-electron chi connectivity index (χ4n) is 0.785. The van der Waals surface area contributed by atoms with E-state index in [1.165, 1.54) is 0 Å². The Labute approximate surface area is 59.0 Å². The van der Waals surface area contributed by atoms with Crippen LogP contribution in [0.15, 0.2) is 0 Å². The molecule has 10 heavy (non-hydrogen) atoms. The average Bonchev–Trinajstić information content (AvgIpc) is 1.95. The van der Waals surface area contributed by atoms with Gasteiger partial charge in [0.25, 0.3) is 0 Å². The Kier molecular flexibility index (Phi) is 2.47. The number of aliphatic hydroxyl groups is 1. The van der Waals surface area contributed by atoms with Gasteiger partial charge in [-0.2, -0.15) is 0 Å². The number of hydrogen-bond acceptors (Lipinski definition) is 3. The molecule has 2 amide bonds. The molecular formula is C5H11N3O2. The first-order valence-electron chi connectivity index (χ1n) is 3.18. The standard InChI is InChI=1S/C5H11N3O2/c9-2-1-8-3-6-5(10)7-4-8/h9H,1-4H2,(H2,6,7,10). The molecule has 0 spiro atoms. The maximum Gasteiger partial charge on any atom is 0.316 e. The molecule has 1 aliphatic heterocycles. The minimum absolute atomic E-state index is 0.123. The highest BCUT2D eigenvalue weighted by Crippen LogP contribution is 1.86. The number of nitrogens with one attached hydrogen (secondary N) is 2. The monoisotopic (exact) mass is 145 g/mol. The average molecular weight is 145 g/mol. The summed E-state index contributed by atoms with van der Waals surface area (Å²) < 4.78 is 0. The van der Waals surface area contributed by atoms with Crippen molar-refractivity contribution in [3.8, 4) is 0 Å². The Morgan fingerprint density at radius 2 is 2.10 bits per heavy atom. The van der Waals surface area contributed by atoms with E-state index in [0.717, 1.165) is 0 Å². The Morgan fingerprint density at radius 3 is 2.60 bits per heavy atom. The van der Waals surface area contributed by atoms with Gasteiger partial charge in [-0.05, 0) is 0 Å². The molecule has 0 saturated carbocycles. The predicted molar refractivity (Wildman–Crippen MR) is 35.2 cm³/mol. The second kappa shape index (κ2) is 3.38. The zero-order valence-corrected chi connectivity index (χ0v) is 5.63. The highest BCUT2D eigenvalue weighted by atomic mass is 16.3. The number of hydrogen-bond donors (Lipinski definition) is 3. The summed E-state index contributed by atoms with van der Waals surface area (Å²) in [5, 5.41) is 13.7. The van der Waals surface area contributed by atoms with Crippen LogP contribution in [0.2, 0.25) is 0 Å². The van der Waals surface area contributed by atoms with Crippen LogP contribution in [-0.4, -0.2) is 42.5 Å². The van der Waals surface area contributed by atoms with Crippen LogP contribution in [0.5, 0.6) is 0 Å². The van der Waals surface area contributed by atoms with Crippen LogP contribution in [0, 0.1) is 0 Å². The summed E-state index contributed by atoms with van der Waals surface area (Å²) >= 11 is 0. The molecule has 1 saturated heterocycles. The molecule has 0 aromatic heterocycles. The molecule has 0 radical (unpaired) electrons.